The molecule has 0 aromatic heterocycles. The Labute approximate surface area is 113 Å². The van der Waals surface area contributed by atoms with E-state index in [2.05, 4.69) is 29.6 Å². The smallest absolute Gasteiger partial charge is 0.227 e. The molecule has 3 rings (SSSR count). The topological polar surface area (TPSA) is 29.1 Å². The minimum absolute atomic E-state index is 0.122. The van der Waals surface area contributed by atoms with Crippen LogP contribution in [0.5, 0.6) is 0 Å². The van der Waals surface area contributed by atoms with Crippen LogP contribution in [0.25, 0.3) is 10.8 Å². The second-order valence-corrected chi connectivity index (χ2v) is 5.03. The molecule has 1 aliphatic carbocycles. The molecule has 1 N–H and O–H groups in total. The number of nitrogens with one attached hydrogen (secondary N) is 1. The summed E-state index contributed by atoms with van der Waals surface area (Å²) in [5.74, 6) is 0.260. The number of carbonyl (C=O) groups excluding carboxylic acids is 1. The minimum atomic E-state index is 0.122. The Kier molecular flexibility index (Phi) is 3.32. The number of hydrogen-bond acceptors (Lipinski definition) is 1. The quantitative estimate of drug-likeness (QED) is 0.799. The second-order valence-electron chi connectivity index (χ2n) is 5.03. The van der Waals surface area contributed by atoms with Gasteiger partial charge in [-0.25, -0.2) is 0 Å². The molecule has 0 fully saturated rings. The number of anilines is 1. The first kappa shape index (κ1) is 12.0. The molecule has 0 spiro atoms. The molecule has 1 amide bonds. The molecule has 2 heteroatoms. The van der Waals surface area contributed by atoms with Crippen molar-refractivity contribution in [2.24, 2.45) is 5.92 Å². The molecule has 19 heavy (non-hydrogen) atoms. The molecular formula is C17H17NO. The van der Waals surface area contributed by atoms with Gasteiger partial charge in [0.2, 0.25) is 5.91 Å². The lowest BCUT2D eigenvalue weighted by Crippen LogP contribution is -2.23. The minimum Gasteiger partial charge on any atom is -0.326 e. The van der Waals surface area contributed by atoms with E-state index in [1.165, 1.54) is 5.39 Å². The van der Waals surface area contributed by atoms with Crippen LogP contribution in [0, 0.1) is 5.92 Å². The van der Waals surface area contributed by atoms with Crippen molar-refractivity contribution in [3.05, 3.63) is 54.6 Å². The molecule has 96 valence electrons. The summed E-state index contributed by atoms with van der Waals surface area (Å²) >= 11 is 0. The number of fused-ring (bicyclic) bond motifs is 1. The number of carbonyl (C=O) groups is 1. The summed E-state index contributed by atoms with van der Waals surface area (Å²) in [6.45, 7) is 0. The van der Waals surface area contributed by atoms with Crippen LogP contribution < -0.4 is 5.32 Å². The van der Waals surface area contributed by atoms with E-state index in [0.717, 1.165) is 30.3 Å². The van der Waals surface area contributed by atoms with E-state index < -0.39 is 0 Å². The third-order valence-corrected chi connectivity index (χ3v) is 3.66. The van der Waals surface area contributed by atoms with Crippen LogP contribution in [0.1, 0.15) is 19.3 Å². The molecule has 0 radical (unpaired) electrons. The van der Waals surface area contributed by atoms with Crippen molar-refractivity contribution in [3.63, 3.8) is 0 Å². The van der Waals surface area contributed by atoms with Gasteiger partial charge in [-0.1, -0.05) is 42.5 Å². The highest BCUT2D eigenvalue weighted by Gasteiger charge is 2.18. The Morgan fingerprint density at radius 1 is 1.05 bits per heavy atom. The zero-order chi connectivity index (χ0) is 13.1. The Bertz CT molecular complexity index is 630. The van der Waals surface area contributed by atoms with Crippen LogP contribution in [0.2, 0.25) is 0 Å². The average molecular weight is 251 g/mol. The summed E-state index contributed by atoms with van der Waals surface area (Å²) in [5.41, 5.74) is 0.887. The maximum atomic E-state index is 12.2. The molecule has 2 nitrogen and oxygen atoms in total. The largest absolute Gasteiger partial charge is 0.326 e. The molecule has 0 saturated heterocycles. The van der Waals surface area contributed by atoms with E-state index in [4.69, 9.17) is 0 Å². The first-order valence-electron chi connectivity index (χ1n) is 6.77. The van der Waals surface area contributed by atoms with Gasteiger partial charge in [0.05, 0.1) is 0 Å². The standard InChI is InChI=1S/C17H17NO/c19-17(14-7-2-1-3-8-14)18-16-11-10-13-6-4-5-9-15(13)12-16/h1-2,4-6,9-12,14H,3,7-8H2,(H,18,19). The van der Waals surface area contributed by atoms with Gasteiger partial charge in [-0.05, 0) is 42.2 Å². The van der Waals surface area contributed by atoms with Crippen LogP contribution in [-0.4, -0.2) is 5.91 Å². The van der Waals surface area contributed by atoms with E-state index in [0.29, 0.717) is 0 Å². The van der Waals surface area contributed by atoms with Crippen molar-refractivity contribution >= 4 is 22.4 Å². The van der Waals surface area contributed by atoms with Gasteiger partial charge in [-0.3, -0.25) is 4.79 Å². The van der Waals surface area contributed by atoms with Gasteiger partial charge in [0, 0.05) is 11.6 Å². The fourth-order valence-corrected chi connectivity index (χ4v) is 2.54. The molecule has 2 aromatic carbocycles. The van der Waals surface area contributed by atoms with Gasteiger partial charge < -0.3 is 5.32 Å². The van der Waals surface area contributed by atoms with Crippen molar-refractivity contribution in [2.75, 3.05) is 5.32 Å². The van der Waals surface area contributed by atoms with Crippen molar-refractivity contribution in [3.8, 4) is 0 Å². The third kappa shape index (κ3) is 2.68. The van der Waals surface area contributed by atoms with E-state index >= 15 is 0 Å². The van der Waals surface area contributed by atoms with Crippen LogP contribution >= 0.6 is 0 Å². The van der Waals surface area contributed by atoms with Gasteiger partial charge in [0.1, 0.15) is 0 Å². The Hall–Kier alpha value is -2.09. The number of hydrogen-bond donors (Lipinski definition) is 1. The first-order valence-corrected chi connectivity index (χ1v) is 6.77. The normalized spacial score (nSPS) is 18.4. The van der Waals surface area contributed by atoms with Crippen molar-refractivity contribution < 1.29 is 4.79 Å². The van der Waals surface area contributed by atoms with Crippen molar-refractivity contribution in [1.29, 1.82) is 0 Å². The van der Waals surface area contributed by atoms with E-state index in [-0.39, 0.29) is 11.8 Å². The van der Waals surface area contributed by atoms with E-state index in [1.54, 1.807) is 0 Å². The molecule has 0 aliphatic heterocycles. The van der Waals surface area contributed by atoms with Crippen molar-refractivity contribution in [2.45, 2.75) is 19.3 Å². The molecular weight excluding hydrogens is 234 g/mol. The van der Waals surface area contributed by atoms with E-state index in [1.807, 2.05) is 30.3 Å². The van der Waals surface area contributed by atoms with Crippen LogP contribution in [0.3, 0.4) is 0 Å². The van der Waals surface area contributed by atoms with Gasteiger partial charge in [0.15, 0.2) is 0 Å². The molecule has 0 heterocycles. The highest BCUT2D eigenvalue weighted by Crippen LogP contribution is 2.22. The molecule has 1 aliphatic rings. The summed E-state index contributed by atoms with van der Waals surface area (Å²) in [5, 5.41) is 5.38. The molecule has 0 bridgehead atoms. The summed E-state index contributed by atoms with van der Waals surface area (Å²) in [6, 6.07) is 14.2. The van der Waals surface area contributed by atoms with Crippen molar-refractivity contribution in [1.82, 2.24) is 0 Å². The van der Waals surface area contributed by atoms with Crippen LogP contribution in [-0.2, 0) is 4.79 Å². The SMILES string of the molecule is O=C(Nc1ccc2ccccc2c1)C1CC=CCC1. The second kappa shape index (κ2) is 5.27. The van der Waals surface area contributed by atoms with E-state index in [9.17, 15) is 4.79 Å². The predicted octanol–water partition coefficient (Wildman–Crippen LogP) is 4.13. The first-order chi connectivity index (χ1) is 9.33. The lowest BCUT2D eigenvalue weighted by molar-refractivity contribution is -0.120. The molecule has 2 aromatic rings. The maximum Gasteiger partial charge on any atom is 0.227 e. The van der Waals surface area contributed by atoms with Gasteiger partial charge in [-0.15, -0.1) is 0 Å². The Balaban J connectivity index is 1.77. The zero-order valence-electron chi connectivity index (χ0n) is 10.8. The number of amides is 1. The summed E-state index contributed by atoms with van der Waals surface area (Å²) in [6.07, 6.45) is 7.08. The van der Waals surface area contributed by atoms with Gasteiger partial charge >= 0.3 is 0 Å². The summed E-state index contributed by atoms with van der Waals surface area (Å²) in [7, 11) is 0. The van der Waals surface area contributed by atoms with Crippen LogP contribution in [0.4, 0.5) is 5.69 Å². The highest BCUT2D eigenvalue weighted by atomic mass is 16.1. The zero-order valence-corrected chi connectivity index (χ0v) is 10.8. The number of allylic oxidation sites excluding steroid dienone is 2. The maximum absolute atomic E-state index is 12.2. The van der Waals surface area contributed by atoms with Crippen LogP contribution in [0.15, 0.2) is 54.6 Å². The van der Waals surface area contributed by atoms with Gasteiger partial charge in [-0.2, -0.15) is 0 Å². The van der Waals surface area contributed by atoms with Gasteiger partial charge in [0.25, 0.3) is 0 Å². The fourth-order valence-electron chi connectivity index (χ4n) is 2.54. The average Bonchev–Trinajstić information content (AvgIpc) is 2.48. The summed E-state index contributed by atoms with van der Waals surface area (Å²) in [4.78, 5) is 12.2. The molecule has 0 saturated carbocycles. The predicted molar refractivity (Wildman–Crippen MR) is 79.1 cm³/mol. The lowest BCUT2D eigenvalue weighted by Gasteiger charge is -2.17. The number of benzene rings is 2. The Morgan fingerprint density at radius 3 is 2.68 bits per heavy atom. The Morgan fingerprint density at radius 2 is 1.89 bits per heavy atom. The molecule has 1 unspecified atom stereocenters. The lowest BCUT2D eigenvalue weighted by atomic mass is 9.93. The fraction of sp³-hybridized carbons (Fsp3) is 0.235. The highest BCUT2D eigenvalue weighted by molar-refractivity contribution is 5.95. The summed E-state index contributed by atoms with van der Waals surface area (Å²) < 4.78 is 0. The number of rotatable bonds is 2. The third-order valence-electron chi connectivity index (χ3n) is 3.66. The molecule has 1 atom stereocenters. The monoisotopic (exact) mass is 251 g/mol.